The van der Waals surface area contributed by atoms with Gasteiger partial charge in [0, 0.05) is 10.8 Å². The molecule has 0 aliphatic heterocycles. The van der Waals surface area contributed by atoms with Gasteiger partial charge in [-0.25, -0.2) is 0 Å². The van der Waals surface area contributed by atoms with Gasteiger partial charge in [-0.2, -0.15) is 0 Å². The molecule has 0 fully saturated rings. The molecule has 0 nitrogen and oxygen atoms in total. The molecule has 0 spiro atoms. The molecule has 12 rings (SSSR count). The fourth-order valence-electron chi connectivity index (χ4n) is 11.8. The second-order valence-corrected chi connectivity index (χ2v) is 20.5. The number of hydrogen-bond donors (Lipinski definition) is 0. The Morgan fingerprint density at radius 3 is 1.30 bits per heavy atom. The minimum absolute atomic E-state index is 0.0881. The predicted octanol–water partition coefficient (Wildman–Crippen LogP) is 17.7. The Morgan fingerprint density at radius 2 is 0.719 bits per heavy atom. The van der Waals surface area contributed by atoms with Gasteiger partial charge in [0.25, 0.3) is 0 Å². The van der Waals surface area contributed by atoms with Gasteiger partial charge in [-0.05, 0) is 169 Å². The first kappa shape index (κ1) is 38.6. The van der Waals surface area contributed by atoms with Crippen LogP contribution in [-0.4, -0.2) is 0 Å². The van der Waals surface area contributed by atoms with Crippen LogP contribution in [0, 0.1) is 0 Å². The summed E-state index contributed by atoms with van der Waals surface area (Å²) in [5.41, 5.74) is 22.1. The van der Waals surface area contributed by atoms with E-state index in [4.69, 9.17) is 0 Å². The van der Waals surface area contributed by atoms with E-state index in [9.17, 15) is 0 Å². The quantitative estimate of drug-likeness (QED) is 0.155. The van der Waals surface area contributed by atoms with Crippen molar-refractivity contribution >= 4 is 32.3 Å². The predicted molar refractivity (Wildman–Crippen MR) is 275 cm³/mol. The molecular formula is C64H52. The molecule has 0 aromatic heterocycles. The zero-order valence-electron chi connectivity index (χ0n) is 37.9. The molecule has 10 aromatic rings. The number of rotatable bonds is 4. The molecule has 0 bridgehead atoms. The van der Waals surface area contributed by atoms with Crippen molar-refractivity contribution in [1.82, 2.24) is 0 Å². The van der Waals surface area contributed by atoms with E-state index >= 15 is 0 Å². The van der Waals surface area contributed by atoms with E-state index in [2.05, 4.69) is 237 Å². The molecule has 308 valence electrons. The minimum atomic E-state index is -0.107. The molecule has 0 N–H and O–H groups in total. The molecule has 0 heterocycles. The molecule has 10 aromatic carbocycles. The second kappa shape index (κ2) is 13.7. The molecule has 0 saturated carbocycles. The van der Waals surface area contributed by atoms with E-state index in [1.165, 1.54) is 127 Å². The monoisotopic (exact) mass is 820 g/mol. The fourth-order valence-corrected chi connectivity index (χ4v) is 11.8. The highest BCUT2D eigenvalue weighted by Gasteiger charge is 2.37. The molecule has 0 saturated heterocycles. The molecule has 2 aliphatic carbocycles. The van der Waals surface area contributed by atoms with Gasteiger partial charge in [-0.15, -0.1) is 0 Å². The van der Waals surface area contributed by atoms with Crippen molar-refractivity contribution < 1.29 is 0 Å². The fraction of sp³-hybridized carbons (Fsp3) is 0.156. The van der Waals surface area contributed by atoms with Crippen molar-refractivity contribution in [3.05, 3.63) is 216 Å². The third-order valence-electron chi connectivity index (χ3n) is 14.9. The first-order valence-corrected chi connectivity index (χ1v) is 23.0. The summed E-state index contributed by atoms with van der Waals surface area (Å²) in [4.78, 5) is 0. The van der Waals surface area contributed by atoms with Crippen LogP contribution in [-0.2, 0) is 16.2 Å². The van der Waals surface area contributed by atoms with Gasteiger partial charge < -0.3 is 0 Å². The molecular weight excluding hydrogens is 769 g/mol. The molecule has 2 aliphatic rings. The van der Waals surface area contributed by atoms with Gasteiger partial charge in [0.05, 0.1) is 0 Å². The maximum atomic E-state index is 2.50. The zero-order chi connectivity index (χ0) is 43.7. The Hall–Kier alpha value is -7.02. The molecule has 0 unspecified atom stereocenters. The lowest BCUT2D eigenvalue weighted by atomic mass is 9.77. The Kier molecular flexibility index (Phi) is 8.29. The standard InChI is InChI=1S/C64H52/c1-62(2,3)61-54-23-11-10-22-52(54)60(51-24-16-18-39-17-8-9-19-46(39)51)53-32-29-40(36-55(53)61)43-33-44(41-27-30-49-47-20-12-14-25-56(47)63(4,5)58(49)37-41)35-45(34-43)42-28-31-50-48-21-13-15-26-57(48)64(6,7)59(50)38-42/h8-38H,1-7H3. The van der Waals surface area contributed by atoms with Gasteiger partial charge >= 0.3 is 0 Å². The van der Waals surface area contributed by atoms with E-state index in [0.29, 0.717) is 0 Å². The van der Waals surface area contributed by atoms with Crippen molar-refractivity contribution in [2.75, 3.05) is 0 Å². The normalized spacial score (nSPS) is 14.4. The summed E-state index contributed by atoms with van der Waals surface area (Å²) in [7, 11) is 0. The minimum Gasteiger partial charge on any atom is -0.0619 e. The molecule has 0 radical (unpaired) electrons. The average Bonchev–Trinajstić information content (AvgIpc) is 3.68. The van der Waals surface area contributed by atoms with Crippen LogP contribution in [0.2, 0.25) is 0 Å². The maximum Gasteiger partial charge on any atom is 0.0159 e. The van der Waals surface area contributed by atoms with E-state index in [1.807, 2.05) is 0 Å². The van der Waals surface area contributed by atoms with Crippen molar-refractivity contribution in [3.63, 3.8) is 0 Å². The summed E-state index contributed by atoms with van der Waals surface area (Å²) < 4.78 is 0. The smallest absolute Gasteiger partial charge is 0.0159 e. The van der Waals surface area contributed by atoms with Crippen molar-refractivity contribution in [2.24, 2.45) is 0 Å². The van der Waals surface area contributed by atoms with Crippen molar-refractivity contribution in [3.8, 4) is 66.8 Å². The topological polar surface area (TPSA) is 0 Å². The Bertz CT molecular complexity index is 3450. The SMILES string of the molecule is CC(C)(C)c1c2ccccc2c(-c2cccc3ccccc23)c2ccc(-c3cc(-c4ccc5c(c4)C(C)(C)c4ccccc4-5)cc(-c4ccc5c(c4)C(C)(C)c4ccccc4-5)c3)cc12. The number of hydrogen-bond acceptors (Lipinski definition) is 0. The van der Waals surface area contributed by atoms with Gasteiger partial charge in [0.1, 0.15) is 0 Å². The highest BCUT2D eigenvalue weighted by atomic mass is 14.4. The van der Waals surface area contributed by atoms with Crippen LogP contribution in [0.5, 0.6) is 0 Å². The summed E-state index contributed by atoms with van der Waals surface area (Å²) in [6, 6.07) is 71.6. The summed E-state index contributed by atoms with van der Waals surface area (Å²) >= 11 is 0. The van der Waals surface area contributed by atoms with Crippen LogP contribution in [0.15, 0.2) is 188 Å². The highest BCUT2D eigenvalue weighted by molar-refractivity contribution is 6.19. The summed E-state index contributed by atoms with van der Waals surface area (Å²) in [6.45, 7) is 16.6. The van der Waals surface area contributed by atoms with Gasteiger partial charge in [0.15, 0.2) is 0 Å². The highest BCUT2D eigenvalue weighted by Crippen LogP contribution is 2.52. The van der Waals surface area contributed by atoms with Gasteiger partial charge in [-0.1, -0.05) is 200 Å². The molecule has 0 heteroatoms. The van der Waals surface area contributed by atoms with Crippen LogP contribution in [0.25, 0.3) is 99.1 Å². The third-order valence-corrected chi connectivity index (χ3v) is 14.9. The lowest BCUT2D eigenvalue weighted by Crippen LogP contribution is -2.15. The van der Waals surface area contributed by atoms with Gasteiger partial charge in [0.2, 0.25) is 0 Å². The molecule has 64 heavy (non-hydrogen) atoms. The largest absolute Gasteiger partial charge is 0.0619 e. The molecule has 0 amide bonds. The van der Waals surface area contributed by atoms with Crippen LogP contribution < -0.4 is 0 Å². The van der Waals surface area contributed by atoms with Crippen LogP contribution in [0.3, 0.4) is 0 Å². The third kappa shape index (κ3) is 5.68. The van der Waals surface area contributed by atoms with Crippen molar-refractivity contribution in [2.45, 2.75) is 64.7 Å². The van der Waals surface area contributed by atoms with Crippen LogP contribution in [0.1, 0.15) is 76.3 Å². The van der Waals surface area contributed by atoms with E-state index in [-0.39, 0.29) is 16.2 Å². The summed E-state index contributed by atoms with van der Waals surface area (Å²) in [5, 5.41) is 7.77. The summed E-state index contributed by atoms with van der Waals surface area (Å²) in [6.07, 6.45) is 0. The lowest BCUT2D eigenvalue weighted by molar-refractivity contribution is 0.601. The number of fused-ring (bicyclic) bond motifs is 9. The molecule has 0 atom stereocenters. The number of benzene rings is 10. The van der Waals surface area contributed by atoms with E-state index < -0.39 is 0 Å². The Morgan fingerprint density at radius 1 is 0.297 bits per heavy atom. The van der Waals surface area contributed by atoms with Crippen LogP contribution in [0.4, 0.5) is 0 Å². The van der Waals surface area contributed by atoms with E-state index in [1.54, 1.807) is 0 Å². The Balaban J connectivity index is 1.11. The van der Waals surface area contributed by atoms with E-state index in [0.717, 1.165) is 0 Å². The Labute approximate surface area is 377 Å². The van der Waals surface area contributed by atoms with Gasteiger partial charge in [-0.3, -0.25) is 0 Å². The average molecular weight is 821 g/mol. The first-order chi connectivity index (χ1) is 30.9. The summed E-state index contributed by atoms with van der Waals surface area (Å²) in [5.74, 6) is 0. The van der Waals surface area contributed by atoms with Crippen LogP contribution >= 0.6 is 0 Å². The second-order valence-electron chi connectivity index (χ2n) is 20.5. The maximum absolute atomic E-state index is 2.50. The lowest BCUT2D eigenvalue weighted by Gasteiger charge is -2.27. The first-order valence-electron chi connectivity index (χ1n) is 23.0. The zero-order valence-corrected chi connectivity index (χ0v) is 37.9. The van der Waals surface area contributed by atoms with Crippen molar-refractivity contribution in [1.29, 1.82) is 0 Å².